The molecule has 0 saturated carbocycles. The van der Waals surface area contributed by atoms with Crippen LogP contribution in [0.1, 0.15) is 6.42 Å². The number of nitrogens with one attached hydrogen (secondary N) is 1. The van der Waals surface area contributed by atoms with Crippen LogP contribution in [0.2, 0.25) is 0 Å². The van der Waals surface area contributed by atoms with Crippen molar-refractivity contribution in [2.45, 2.75) is 6.42 Å². The van der Waals surface area contributed by atoms with E-state index in [-0.39, 0.29) is 30.6 Å². The average molecular weight is 212 g/mol. The van der Waals surface area contributed by atoms with E-state index in [9.17, 15) is 14.4 Å². The van der Waals surface area contributed by atoms with Gasteiger partial charge in [-0.25, -0.2) is 5.90 Å². The lowest BCUT2D eigenvalue weighted by atomic mass is 10.0. The Balaban J connectivity index is 2.23. The molecule has 1 rings (SSSR count). The van der Waals surface area contributed by atoms with Crippen molar-refractivity contribution in [2.75, 3.05) is 13.2 Å². The maximum atomic E-state index is 11.1. The molecule has 1 aliphatic carbocycles. The quantitative estimate of drug-likeness (QED) is 0.436. The van der Waals surface area contributed by atoms with Crippen molar-refractivity contribution in [1.82, 2.24) is 5.32 Å². The molecule has 15 heavy (non-hydrogen) atoms. The molecule has 1 aliphatic rings. The van der Waals surface area contributed by atoms with Gasteiger partial charge in [0.05, 0.1) is 5.92 Å². The van der Waals surface area contributed by atoms with Crippen LogP contribution >= 0.6 is 0 Å². The minimum absolute atomic E-state index is 0.204. The van der Waals surface area contributed by atoms with E-state index in [2.05, 4.69) is 16.1 Å². The number of hydrogen-bond acceptors (Lipinski definition) is 5. The van der Waals surface area contributed by atoms with Crippen molar-refractivity contribution in [3.63, 3.8) is 0 Å². The first-order valence-electron chi connectivity index (χ1n) is 4.49. The molecule has 0 atom stereocenters. The fourth-order valence-electron chi connectivity index (χ4n) is 1.30. The highest BCUT2D eigenvalue weighted by atomic mass is 16.6. The summed E-state index contributed by atoms with van der Waals surface area (Å²) >= 11 is 0. The van der Waals surface area contributed by atoms with Gasteiger partial charge in [-0.1, -0.05) is 0 Å². The highest BCUT2D eigenvalue weighted by Crippen LogP contribution is 2.13. The molecule has 0 unspecified atom stereocenters. The number of carbonyl (C=O) groups is 3. The van der Waals surface area contributed by atoms with Crippen LogP contribution in [0.15, 0.2) is 12.2 Å². The molecular formula is C9H12N2O4. The molecule has 0 radical (unpaired) electrons. The molecule has 0 fully saturated rings. The van der Waals surface area contributed by atoms with Gasteiger partial charge in [0.2, 0.25) is 5.91 Å². The van der Waals surface area contributed by atoms with E-state index in [1.807, 2.05) is 0 Å². The van der Waals surface area contributed by atoms with Crippen LogP contribution in [0.3, 0.4) is 0 Å². The minimum atomic E-state index is -0.635. The van der Waals surface area contributed by atoms with Crippen LogP contribution in [0.5, 0.6) is 0 Å². The van der Waals surface area contributed by atoms with Gasteiger partial charge in [-0.3, -0.25) is 19.2 Å². The maximum Gasteiger partial charge on any atom is 0.248 e. The van der Waals surface area contributed by atoms with Crippen LogP contribution in [-0.2, 0) is 19.2 Å². The molecule has 82 valence electrons. The second-order valence-corrected chi connectivity index (χ2v) is 3.14. The summed E-state index contributed by atoms with van der Waals surface area (Å²) in [6.45, 7) is 0.0246. The molecule has 3 N–H and O–H groups in total. The Labute approximate surface area is 86.4 Å². The normalized spacial score (nSPS) is 16.1. The number of nitrogens with two attached hydrogens (primary N) is 1. The molecule has 0 aromatic rings. The predicted molar refractivity (Wildman–Crippen MR) is 50.4 cm³/mol. The molecular weight excluding hydrogens is 200 g/mol. The molecule has 0 aromatic heterocycles. The molecule has 0 spiro atoms. The van der Waals surface area contributed by atoms with Crippen molar-refractivity contribution in [1.29, 1.82) is 0 Å². The fourth-order valence-corrected chi connectivity index (χ4v) is 1.30. The third-order valence-corrected chi connectivity index (χ3v) is 2.07. The zero-order valence-electron chi connectivity index (χ0n) is 8.06. The third-order valence-electron chi connectivity index (χ3n) is 2.07. The van der Waals surface area contributed by atoms with Gasteiger partial charge in [-0.05, 0) is 18.6 Å². The Morgan fingerprint density at radius 1 is 1.40 bits per heavy atom. The molecule has 0 bridgehead atoms. The SMILES string of the molecule is NOCC(=O)NCCC1C(=O)C=CC1=O. The van der Waals surface area contributed by atoms with E-state index in [0.29, 0.717) is 6.42 Å². The Hall–Kier alpha value is -1.53. The van der Waals surface area contributed by atoms with E-state index in [4.69, 9.17) is 0 Å². The summed E-state index contributed by atoms with van der Waals surface area (Å²) in [6, 6.07) is 0. The molecule has 0 aromatic carbocycles. The summed E-state index contributed by atoms with van der Waals surface area (Å²) in [5.74, 6) is 3.27. The summed E-state index contributed by atoms with van der Waals surface area (Å²) < 4.78 is 0. The van der Waals surface area contributed by atoms with E-state index >= 15 is 0 Å². The lowest BCUT2D eigenvalue weighted by molar-refractivity contribution is -0.128. The van der Waals surface area contributed by atoms with Crippen molar-refractivity contribution in [2.24, 2.45) is 11.8 Å². The summed E-state index contributed by atoms with van der Waals surface area (Å²) in [7, 11) is 0. The monoisotopic (exact) mass is 212 g/mol. The number of allylic oxidation sites excluding steroid dienone is 2. The van der Waals surface area contributed by atoms with E-state index in [1.165, 1.54) is 12.2 Å². The molecule has 0 heterocycles. The van der Waals surface area contributed by atoms with Crippen LogP contribution in [-0.4, -0.2) is 30.6 Å². The summed E-state index contributed by atoms with van der Waals surface area (Å²) in [5, 5.41) is 2.48. The summed E-state index contributed by atoms with van der Waals surface area (Å²) in [5.41, 5.74) is 0. The Bertz CT molecular complexity index is 293. The first-order valence-corrected chi connectivity index (χ1v) is 4.49. The van der Waals surface area contributed by atoms with Gasteiger partial charge >= 0.3 is 0 Å². The highest BCUT2D eigenvalue weighted by Gasteiger charge is 2.27. The van der Waals surface area contributed by atoms with Gasteiger partial charge < -0.3 is 5.32 Å². The Kier molecular flexibility index (Phi) is 4.14. The first-order chi connectivity index (χ1) is 7.15. The molecule has 6 heteroatoms. The highest BCUT2D eigenvalue weighted by molar-refractivity contribution is 6.18. The fraction of sp³-hybridized carbons (Fsp3) is 0.444. The van der Waals surface area contributed by atoms with Gasteiger partial charge in [0.25, 0.3) is 0 Å². The van der Waals surface area contributed by atoms with Gasteiger partial charge in [0, 0.05) is 6.54 Å². The number of amides is 1. The molecule has 6 nitrogen and oxygen atoms in total. The number of hydrogen-bond donors (Lipinski definition) is 2. The first kappa shape index (κ1) is 11.5. The van der Waals surface area contributed by atoms with Gasteiger partial charge in [-0.2, -0.15) is 0 Å². The standard InChI is InChI=1S/C9H12N2O4/c10-15-5-9(14)11-4-3-6-7(12)1-2-8(6)13/h1-2,6H,3-5,10H2,(H,11,14). The zero-order valence-corrected chi connectivity index (χ0v) is 8.06. The molecule has 0 aliphatic heterocycles. The van der Waals surface area contributed by atoms with E-state index in [0.717, 1.165) is 0 Å². The largest absolute Gasteiger partial charge is 0.354 e. The molecule has 1 amide bonds. The number of rotatable bonds is 5. The average Bonchev–Trinajstić information content (AvgIpc) is 2.49. The number of carbonyl (C=O) groups excluding carboxylic acids is 3. The van der Waals surface area contributed by atoms with Gasteiger partial charge in [0.15, 0.2) is 11.6 Å². The smallest absolute Gasteiger partial charge is 0.248 e. The van der Waals surface area contributed by atoms with Crippen LogP contribution < -0.4 is 11.2 Å². The van der Waals surface area contributed by atoms with E-state index in [1.54, 1.807) is 0 Å². The molecule has 0 saturated heterocycles. The van der Waals surface area contributed by atoms with Crippen LogP contribution in [0.4, 0.5) is 0 Å². The van der Waals surface area contributed by atoms with Crippen molar-refractivity contribution < 1.29 is 19.2 Å². The summed E-state index contributed by atoms with van der Waals surface area (Å²) in [4.78, 5) is 37.2. The summed E-state index contributed by atoms with van der Waals surface area (Å²) in [6.07, 6.45) is 2.83. The Morgan fingerprint density at radius 2 is 2.00 bits per heavy atom. The lowest BCUT2D eigenvalue weighted by Gasteiger charge is -2.07. The van der Waals surface area contributed by atoms with Gasteiger partial charge in [0.1, 0.15) is 6.61 Å². The second-order valence-electron chi connectivity index (χ2n) is 3.14. The van der Waals surface area contributed by atoms with Gasteiger partial charge in [-0.15, -0.1) is 0 Å². The predicted octanol–water partition coefficient (Wildman–Crippen LogP) is -1.29. The third kappa shape index (κ3) is 3.26. The van der Waals surface area contributed by atoms with E-state index < -0.39 is 5.92 Å². The lowest BCUT2D eigenvalue weighted by Crippen LogP contribution is -2.32. The van der Waals surface area contributed by atoms with Crippen LogP contribution in [0, 0.1) is 5.92 Å². The minimum Gasteiger partial charge on any atom is -0.354 e. The maximum absolute atomic E-state index is 11.1. The zero-order chi connectivity index (χ0) is 11.3. The Morgan fingerprint density at radius 3 is 2.53 bits per heavy atom. The van der Waals surface area contributed by atoms with Crippen LogP contribution in [0.25, 0.3) is 0 Å². The van der Waals surface area contributed by atoms with Crippen molar-refractivity contribution in [3.8, 4) is 0 Å². The van der Waals surface area contributed by atoms with Crippen molar-refractivity contribution >= 4 is 17.5 Å². The topological polar surface area (TPSA) is 98.5 Å². The second kappa shape index (κ2) is 5.38. The number of ketones is 2. The van der Waals surface area contributed by atoms with Crippen molar-refractivity contribution in [3.05, 3.63) is 12.2 Å².